The number of rotatable bonds is 2. The van der Waals surface area contributed by atoms with Gasteiger partial charge in [-0.3, -0.25) is 14.3 Å². The van der Waals surface area contributed by atoms with Crippen LogP contribution in [-0.4, -0.2) is 32.7 Å². The maximum Gasteiger partial charge on any atom is 0.283 e. The number of fused-ring (bicyclic) bond motifs is 2. The van der Waals surface area contributed by atoms with Crippen LogP contribution in [0.2, 0.25) is 0 Å². The molecule has 0 bridgehead atoms. The van der Waals surface area contributed by atoms with Gasteiger partial charge in [0.1, 0.15) is 17.6 Å². The monoisotopic (exact) mass is 288 g/mol. The molecule has 6 nitrogen and oxygen atoms in total. The van der Waals surface area contributed by atoms with E-state index in [1.165, 1.54) is 38.4 Å². The van der Waals surface area contributed by atoms with Gasteiger partial charge in [-0.25, -0.2) is 4.98 Å². The van der Waals surface area contributed by atoms with E-state index in [1.807, 2.05) is 0 Å². The van der Waals surface area contributed by atoms with Crippen LogP contribution < -0.4 is 5.56 Å². The average molecular weight is 288 g/mol. The van der Waals surface area contributed by atoms with Crippen molar-refractivity contribution in [1.82, 2.24) is 19.6 Å². The summed E-state index contributed by atoms with van der Waals surface area (Å²) in [6.45, 7) is 3.52. The zero-order valence-electron chi connectivity index (χ0n) is 12.1. The van der Waals surface area contributed by atoms with E-state index in [-0.39, 0.29) is 5.56 Å². The molecule has 0 atom stereocenters. The van der Waals surface area contributed by atoms with Crippen LogP contribution in [0.4, 0.5) is 0 Å². The predicted molar refractivity (Wildman–Crippen MR) is 77.9 cm³/mol. The highest BCUT2D eigenvalue weighted by Gasteiger charge is 2.24. The van der Waals surface area contributed by atoms with E-state index in [2.05, 4.69) is 15.0 Å². The van der Waals surface area contributed by atoms with Crippen LogP contribution in [-0.2, 0) is 13.1 Å². The molecule has 2 aromatic heterocycles. The Labute approximate surface area is 122 Å². The van der Waals surface area contributed by atoms with Crippen LogP contribution in [0, 0.1) is 5.92 Å². The first kappa shape index (κ1) is 13.0. The summed E-state index contributed by atoms with van der Waals surface area (Å²) in [4.78, 5) is 19.3. The van der Waals surface area contributed by atoms with E-state index in [1.54, 1.807) is 4.57 Å². The SMILES string of the molecule is O=c1c2nocc2nc2n1CCN(CC1CCCCC1)C2. The smallest absolute Gasteiger partial charge is 0.283 e. The summed E-state index contributed by atoms with van der Waals surface area (Å²) in [6, 6.07) is 0. The normalized spacial score (nSPS) is 20.8. The Morgan fingerprint density at radius 2 is 2.10 bits per heavy atom. The van der Waals surface area contributed by atoms with E-state index < -0.39 is 0 Å². The molecule has 1 aliphatic heterocycles. The zero-order valence-corrected chi connectivity index (χ0v) is 12.1. The molecule has 4 rings (SSSR count). The zero-order chi connectivity index (χ0) is 14.2. The van der Waals surface area contributed by atoms with Crippen molar-refractivity contribution in [2.45, 2.75) is 45.2 Å². The third kappa shape index (κ3) is 2.37. The lowest BCUT2D eigenvalue weighted by atomic mass is 9.89. The van der Waals surface area contributed by atoms with Crippen molar-refractivity contribution in [1.29, 1.82) is 0 Å². The molecule has 0 saturated heterocycles. The first-order chi connectivity index (χ1) is 10.3. The molecule has 0 radical (unpaired) electrons. The van der Waals surface area contributed by atoms with Gasteiger partial charge in [-0.2, -0.15) is 0 Å². The molecule has 3 heterocycles. The molecule has 0 amide bonds. The molecule has 2 aliphatic rings. The Hall–Kier alpha value is -1.69. The molecule has 0 aromatic carbocycles. The first-order valence-electron chi connectivity index (χ1n) is 7.87. The van der Waals surface area contributed by atoms with Crippen molar-refractivity contribution < 1.29 is 4.52 Å². The molecular formula is C15H20N4O2. The van der Waals surface area contributed by atoms with Crippen LogP contribution in [0.5, 0.6) is 0 Å². The van der Waals surface area contributed by atoms with Gasteiger partial charge in [0.15, 0.2) is 5.52 Å². The Morgan fingerprint density at radius 3 is 2.95 bits per heavy atom. The predicted octanol–water partition coefficient (Wildman–Crippen LogP) is 1.78. The fraction of sp³-hybridized carbons (Fsp3) is 0.667. The number of hydrogen-bond acceptors (Lipinski definition) is 5. The molecule has 1 aliphatic carbocycles. The number of hydrogen-bond donors (Lipinski definition) is 0. The lowest BCUT2D eigenvalue weighted by Crippen LogP contribution is -2.42. The van der Waals surface area contributed by atoms with Gasteiger partial charge in [0.25, 0.3) is 5.56 Å². The van der Waals surface area contributed by atoms with Crippen molar-refractivity contribution in [3.8, 4) is 0 Å². The second-order valence-corrected chi connectivity index (χ2v) is 6.27. The van der Waals surface area contributed by atoms with Gasteiger partial charge in [-0.05, 0) is 18.8 Å². The van der Waals surface area contributed by atoms with Gasteiger partial charge in [-0.1, -0.05) is 24.4 Å². The summed E-state index contributed by atoms with van der Waals surface area (Å²) >= 11 is 0. The topological polar surface area (TPSA) is 64.2 Å². The lowest BCUT2D eigenvalue weighted by molar-refractivity contribution is 0.162. The number of nitrogens with zero attached hydrogens (tertiary/aromatic N) is 4. The molecule has 6 heteroatoms. The minimum Gasteiger partial charge on any atom is -0.362 e. The molecule has 1 fully saturated rings. The minimum absolute atomic E-state index is 0.0685. The Kier molecular flexibility index (Phi) is 3.25. The highest BCUT2D eigenvalue weighted by molar-refractivity contribution is 5.71. The van der Waals surface area contributed by atoms with Crippen molar-refractivity contribution in [3.63, 3.8) is 0 Å². The third-order valence-corrected chi connectivity index (χ3v) is 4.81. The lowest BCUT2D eigenvalue weighted by Gasteiger charge is -2.33. The van der Waals surface area contributed by atoms with Crippen LogP contribution in [0.3, 0.4) is 0 Å². The molecule has 2 aromatic rings. The second kappa shape index (κ2) is 5.26. The van der Waals surface area contributed by atoms with Crippen molar-refractivity contribution >= 4 is 11.0 Å². The minimum atomic E-state index is -0.0685. The molecule has 1 saturated carbocycles. The van der Waals surface area contributed by atoms with Crippen LogP contribution in [0.25, 0.3) is 11.0 Å². The third-order valence-electron chi connectivity index (χ3n) is 4.81. The first-order valence-corrected chi connectivity index (χ1v) is 7.87. The van der Waals surface area contributed by atoms with Crippen molar-refractivity contribution in [2.75, 3.05) is 13.1 Å². The van der Waals surface area contributed by atoms with Gasteiger partial charge in [0, 0.05) is 19.6 Å². The van der Waals surface area contributed by atoms with Gasteiger partial charge < -0.3 is 4.52 Å². The highest BCUT2D eigenvalue weighted by atomic mass is 16.5. The summed E-state index contributed by atoms with van der Waals surface area (Å²) in [5, 5.41) is 3.75. The maximum atomic E-state index is 12.3. The molecular weight excluding hydrogens is 268 g/mol. The highest BCUT2D eigenvalue weighted by Crippen LogP contribution is 2.25. The van der Waals surface area contributed by atoms with E-state index >= 15 is 0 Å². The van der Waals surface area contributed by atoms with Gasteiger partial charge >= 0.3 is 0 Å². The fourth-order valence-electron chi connectivity index (χ4n) is 3.67. The second-order valence-electron chi connectivity index (χ2n) is 6.27. The quantitative estimate of drug-likeness (QED) is 0.843. The van der Waals surface area contributed by atoms with Crippen LogP contribution in [0.15, 0.2) is 15.6 Å². The molecule has 21 heavy (non-hydrogen) atoms. The standard InChI is InChI=1S/C15H20N4O2/c20-15-14-12(10-21-17-14)16-13-9-18(6-7-19(13)15)8-11-4-2-1-3-5-11/h10-11H,1-9H2. The van der Waals surface area contributed by atoms with E-state index in [0.29, 0.717) is 17.6 Å². The summed E-state index contributed by atoms with van der Waals surface area (Å²) in [6.07, 6.45) is 8.28. The Bertz CT molecular complexity index is 699. The van der Waals surface area contributed by atoms with E-state index in [9.17, 15) is 4.79 Å². The van der Waals surface area contributed by atoms with Gasteiger partial charge in [0.2, 0.25) is 0 Å². The summed E-state index contributed by atoms with van der Waals surface area (Å²) < 4.78 is 6.63. The summed E-state index contributed by atoms with van der Waals surface area (Å²) in [7, 11) is 0. The Morgan fingerprint density at radius 1 is 1.24 bits per heavy atom. The van der Waals surface area contributed by atoms with E-state index in [0.717, 1.165) is 31.4 Å². The van der Waals surface area contributed by atoms with Gasteiger partial charge in [0.05, 0.1) is 6.54 Å². The molecule has 112 valence electrons. The van der Waals surface area contributed by atoms with Crippen molar-refractivity contribution in [3.05, 3.63) is 22.4 Å². The summed E-state index contributed by atoms with van der Waals surface area (Å²) in [5.41, 5.74) is 0.853. The number of aromatic nitrogens is 3. The van der Waals surface area contributed by atoms with Gasteiger partial charge in [-0.15, -0.1) is 0 Å². The molecule has 0 spiro atoms. The van der Waals surface area contributed by atoms with E-state index in [4.69, 9.17) is 4.52 Å². The average Bonchev–Trinajstić information content (AvgIpc) is 2.97. The molecule has 0 unspecified atom stereocenters. The largest absolute Gasteiger partial charge is 0.362 e. The summed E-state index contributed by atoms with van der Waals surface area (Å²) in [5.74, 6) is 1.66. The van der Waals surface area contributed by atoms with Crippen LogP contribution >= 0.6 is 0 Å². The Balaban J connectivity index is 1.56. The molecule has 0 N–H and O–H groups in total. The fourth-order valence-corrected chi connectivity index (χ4v) is 3.67. The van der Waals surface area contributed by atoms with Crippen LogP contribution in [0.1, 0.15) is 37.9 Å². The maximum absolute atomic E-state index is 12.3. The van der Waals surface area contributed by atoms with Crippen molar-refractivity contribution in [2.24, 2.45) is 5.92 Å².